The molecule has 1 aromatic carbocycles. The highest BCUT2D eigenvalue weighted by molar-refractivity contribution is 5.79. The fraction of sp³-hybridized carbons (Fsp3) is 0.611. The highest BCUT2D eigenvalue weighted by Gasteiger charge is 2.30. The van der Waals surface area contributed by atoms with Gasteiger partial charge in [0.25, 0.3) is 0 Å². The molecule has 0 radical (unpaired) electrons. The Bertz CT molecular complexity index is 458. The number of hydrogen-bond donors (Lipinski definition) is 2. The van der Waals surface area contributed by atoms with Crippen molar-refractivity contribution in [2.24, 2.45) is 5.92 Å². The van der Waals surface area contributed by atoms with Gasteiger partial charge in [0, 0.05) is 6.54 Å². The molecule has 0 aromatic heterocycles. The number of benzene rings is 1. The molecule has 0 spiro atoms. The molecular formula is C18H27NO3. The van der Waals surface area contributed by atoms with Crippen LogP contribution in [0.25, 0.3) is 0 Å². The highest BCUT2D eigenvalue weighted by atomic mass is 16.5. The number of ether oxygens (including phenoxy) is 1. The Morgan fingerprint density at radius 3 is 2.73 bits per heavy atom. The first-order valence-corrected chi connectivity index (χ1v) is 8.38. The van der Waals surface area contributed by atoms with Gasteiger partial charge in [-0.2, -0.15) is 0 Å². The van der Waals surface area contributed by atoms with Crippen LogP contribution in [0.3, 0.4) is 0 Å². The van der Waals surface area contributed by atoms with Gasteiger partial charge in [0.05, 0.1) is 18.6 Å². The number of carbonyl (C=O) groups excluding carboxylic acids is 1. The summed E-state index contributed by atoms with van der Waals surface area (Å²) >= 11 is 0. The molecule has 0 bridgehead atoms. The topological polar surface area (TPSA) is 58.6 Å². The summed E-state index contributed by atoms with van der Waals surface area (Å²) in [6.45, 7) is 3.51. The first kappa shape index (κ1) is 16.8. The molecule has 1 amide bonds. The quantitative estimate of drug-likeness (QED) is 0.726. The van der Waals surface area contributed by atoms with E-state index in [9.17, 15) is 9.90 Å². The van der Waals surface area contributed by atoms with E-state index in [4.69, 9.17) is 4.74 Å². The number of aliphatic hydroxyl groups excluding tert-OH is 1. The summed E-state index contributed by atoms with van der Waals surface area (Å²) in [5, 5.41) is 12.7. The SMILES string of the molecule is CCCCOc1ccc(CCNC(=O)C2CCCC2O)cc1. The first-order chi connectivity index (χ1) is 10.7. The Labute approximate surface area is 132 Å². The molecule has 2 N–H and O–H groups in total. The predicted octanol–water partition coefficient (Wildman–Crippen LogP) is 2.69. The van der Waals surface area contributed by atoms with Gasteiger partial charge >= 0.3 is 0 Å². The minimum Gasteiger partial charge on any atom is -0.494 e. The van der Waals surface area contributed by atoms with E-state index in [0.717, 1.165) is 50.9 Å². The van der Waals surface area contributed by atoms with Gasteiger partial charge in [-0.1, -0.05) is 25.5 Å². The van der Waals surface area contributed by atoms with Crippen LogP contribution in [-0.4, -0.2) is 30.3 Å². The molecule has 0 saturated heterocycles. The standard InChI is InChI=1S/C18H27NO3/c1-2-3-13-22-15-9-7-14(8-10-15)11-12-19-18(21)16-5-4-6-17(16)20/h7-10,16-17,20H,2-6,11-13H2,1H3,(H,19,21). The van der Waals surface area contributed by atoms with Crippen LogP contribution in [0.5, 0.6) is 5.75 Å². The van der Waals surface area contributed by atoms with E-state index in [1.807, 2.05) is 24.3 Å². The van der Waals surface area contributed by atoms with Crippen molar-refractivity contribution in [3.63, 3.8) is 0 Å². The molecule has 0 heterocycles. The Morgan fingerprint density at radius 1 is 1.32 bits per heavy atom. The Morgan fingerprint density at radius 2 is 2.09 bits per heavy atom. The Kier molecular flexibility index (Phi) is 6.72. The van der Waals surface area contributed by atoms with Crippen molar-refractivity contribution in [1.82, 2.24) is 5.32 Å². The van der Waals surface area contributed by atoms with E-state index in [0.29, 0.717) is 6.54 Å². The maximum atomic E-state index is 12.0. The normalized spacial score (nSPS) is 20.8. The van der Waals surface area contributed by atoms with Crippen LogP contribution in [0.4, 0.5) is 0 Å². The van der Waals surface area contributed by atoms with Gasteiger partial charge in [-0.3, -0.25) is 4.79 Å². The number of amides is 1. The van der Waals surface area contributed by atoms with Gasteiger partial charge in [-0.25, -0.2) is 0 Å². The summed E-state index contributed by atoms with van der Waals surface area (Å²) in [5.74, 6) is 0.675. The first-order valence-electron chi connectivity index (χ1n) is 8.38. The van der Waals surface area contributed by atoms with E-state index in [-0.39, 0.29) is 11.8 Å². The Hall–Kier alpha value is -1.55. The fourth-order valence-electron chi connectivity index (χ4n) is 2.79. The predicted molar refractivity (Wildman–Crippen MR) is 86.9 cm³/mol. The van der Waals surface area contributed by atoms with Gasteiger partial charge in [-0.05, 0) is 49.8 Å². The minimum atomic E-state index is -0.459. The van der Waals surface area contributed by atoms with Crippen LogP contribution in [0, 0.1) is 5.92 Å². The molecule has 1 aliphatic rings. The molecule has 2 rings (SSSR count). The second kappa shape index (κ2) is 8.79. The molecule has 1 aliphatic carbocycles. The number of aliphatic hydroxyl groups is 1. The van der Waals surface area contributed by atoms with E-state index >= 15 is 0 Å². The largest absolute Gasteiger partial charge is 0.494 e. The monoisotopic (exact) mass is 305 g/mol. The second-order valence-electron chi connectivity index (χ2n) is 5.99. The van der Waals surface area contributed by atoms with E-state index in [1.54, 1.807) is 0 Å². The van der Waals surface area contributed by atoms with Crippen molar-refractivity contribution in [3.8, 4) is 5.75 Å². The number of rotatable bonds is 8. The summed E-state index contributed by atoms with van der Waals surface area (Å²) in [6, 6.07) is 8.04. The smallest absolute Gasteiger partial charge is 0.225 e. The van der Waals surface area contributed by atoms with Crippen molar-refractivity contribution in [2.45, 2.75) is 51.6 Å². The number of unbranched alkanes of at least 4 members (excludes halogenated alkanes) is 1. The molecule has 122 valence electrons. The molecule has 2 unspecified atom stereocenters. The third-order valence-corrected chi connectivity index (χ3v) is 4.22. The van der Waals surface area contributed by atoms with Gasteiger partial charge in [0.2, 0.25) is 5.91 Å². The van der Waals surface area contributed by atoms with Crippen LogP contribution in [0.1, 0.15) is 44.6 Å². The van der Waals surface area contributed by atoms with Gasteiger partial charge in [0.1, 0.15) is 5.75 Å². The lowest BCUT2D eigenvalue weighted by Crippen LogP contribution is -2.35. The van der Waals surface area contributed by atoms with Gasteiger partial charge < -0.3 is 15.2 Å². The molecule has 4 heteroatoms. The molecule has 2 atom stereocenters. The zero-order chi connectivity index (χ0) is 15.8. The molecular weight excluding hydrogens is 278 g/mol. The third-order valence-electron chi connectivity index (χ3n) is 4.22. The highest BCUT2D eigenvalue weighted by Crippen LogP contribution is 2.25. The lowest BCUT2D eigenvalue weighted by atomic mass is 10.1. The summed E-state index contributed by atoms with van der Waals surface area (Å²) in [7, 11) is 0. The molecule has 1 aromatic rings. The maximum absolute atomic E-state index is 12.0. The van der Waals surface area contributed by atoms with Crippen molar-refractivity contribution in [1.29, 1.82) is 0 Å². The number of carbonyl (C=O) groups is 1. The molecule has 22 heavy (non-hydrogen) atoms. The van der Waals surface area contributed by atoms with Crippen molar-refractivity contribution >= 4 is 5.91 Å². The number of hydrogen-bond acceptors (Lipinski definition) is 3. The van der Waals surface area contributed by atoms with Crippen LogP contribution in [-0.2, 0) is 11.2 Å². The lowest BCUT2D eigenvalue weighted by Gasteiger charge is -2.14. The third kappa shape index (κ3) is 5.02. The van der Waals surface area contributed by atoms with Gasteiger partial charge in [-0.15, -0.1) is 0 Å². The maximum Gasteiger partial charge on any atom is 0.225 e. The van der Waals surface area contributed by atoms with Crippen molar-refractivity contribution < 1.29 is 14.6 Å². The summed E-state index contributed by atoms with van der Waals surface area (Å²) in [6.07, 6.45) is 5.03. The zero-order valence-electron chi connectivity index (χ0n) is 13.4. The summed E-state index contributed by atoms with van der Waals surface area (Å²) < 4.78 is 5.63. The summed E-state index contributed by atoms with van der Waals surface area (Å²) in [4.78, 5) is 12.0. The fourth-order valence-corrected chi connectivity index (χ4v) is 2.79. The second-order valence-corrected chi connectivity index (χ2v) is 5.99. The number of nitrogens with one attached hydrogen (secondary N) is 1. The average Bonchev–Trinajstić information content (AvgIpc) is 2.95. The Balaban J connectivity index is 1.69. The van der Waals surface area contributed by atoms with E-state index in [2.05, 4.69) is 12.2 Å². The average molecular weight is 305 g/mol. The van der Waals surface area contributed by atoms with Crippen molar-refractivity contribution in [3.05, 3.63) is 29.8 Å². The molecule has 4 nitrogen and oxygen atoms in total. The van der Waals surface area contributed by atoms with E-state index in [1.165, 1.54) is 5.56 Å². The van der Waals surface area contributed by atoms with Crippen LogP contribution < -0.4 is 10.1 Å². The van der Waals surface area contributed by atoms with Crippen LogP contribution >= 0.6 is 0 Å². The summed E-state index contributed by atoms with van der Waals surface area (Å²) in [5.41, 5.74) is 1.18. The van der Waals surface area contributed by atoms with Crippen LogP contribution in [0.2, 0.25) is 0 Å². The molecule has 1 saturated carbocycles. The minimum absolute atomic E-state index is 0.00970. The molecule has 0 aliphatic heterocycles. The lowest BCUT2D eigenvalue weighted by molar-refractivity contribution is -0.127. The van der Waals surface area contributed by atoms with Crippen molar-refractivity contribution in [2.75, 3.05) is 13.2 Å². The van der Waals surface area contributed by atoms with Gasteiger partial charge in [0.15, 0.2) is 0 Å². The molecule has 1 fully saturated rings. The van der Waals surface area contributed by atoms with E-state index < -0.39 is 6.10 Å². The van der Waals surface area contributed by atoms with Crippen LogP contribution in [0.15, 0.2) is 24.3 Å². The zero-order valence-corrected chi connectivity index (χ0v) is 13.4.